The van der Waals surface area contributed by atoms with Crippen molar-refractivity contribution in [1.29, 1.82) is 0 Å². The van der Waals surface area contributed by atoms with Crippen molar-refractivity contribution < 1.29 is 19.2 Å². The predicted octanol–water partition coefficient (Wildman–Crippen LogP) is 3.03. The zero-order valence-electron chi connectivity index (χ0n) is 16.3. The van der Waals surface area contributed by atoms with Crippen LogP contribution >= 0.6 is 0 Å². The molecule has 0 radical (unpaired) electrons. The van der Waals surface area contributed by atoms with Crippen LogP contribution in [0.5, 0.6) is 0 Å². The molecule has 1 heterocycles. The van der Waals surface area contributed by atoms with Crippen molar-refractivity contribution in [3.05, 3.63) is 58.1 Å². The van der Waals surface area contributed by atoms with Crippen LogP contribution in [0.1, 0.15) is 23.2 Å². The van der Waals surface area contributed by atoms with Crippen LogP contribution in [-0.2, 0) is 9.53 Å². The summed E-state index contributed by atoms with van der Waals surface area (Å²) in [6.07, 6.45) is 1.85. The normalized spacial score (nSPS) is 16.1. The van der Waals surface area contributed by atoms with E-state index in [9.17, 15) is 19.7 Å². The number of carbonyl (C=O) groups excluding carboxylic acids is 2. The van der Waals surface area contributed by atoms with Crippen molar-refractivity contribution >= 4 is 34.6 Å². The summed E-state index contributed by atoms with van der Waals surface area (Å²) in [6.45, 7) is 2.15. The number of nitrogens with zero attached hydrogens (tertiary/aromatic N) is 2. The van der Waals surface area contributed by atoms with Crippen LogP contribution in [0.25, 0.3) is 0 Å². The molecule has 30 heavy (non-hydrogen) atoms. The van der Waals surface area contributed by atoms with E-state index in [-0.39, 0.29) is 23.1 Å². The summed E-state index contributed by atoms with van der Waals surface area (Å²) in [7, 11) is 0. The number of benzene rings is 2. The van der Waals surface area contributed by atoms with Gasteiger partial charge in [-0.1, -0.05) is 0 Å². The molecule has 2 aromatic carbocycles. The second-order valence-electron chi connectivity index (χ2n) is 7.36. The van der Waals surface area contributed by atoms with Gasteiger partial charge in [0.1, 0.15) is 5.69 Å². The highest BCUT2D eigenvalue weighted by molar-refractivity contribution is 6.05. The van der Waals surface area contributed by atoms with Gasteiger partial charge in [0.25, 0.3) is 11.6 Å². The van der Waals surface area contributed by atoms with Gasteiger partial charge in [0.05, 0.1) is 18.1 Å². The van der Waals surface area contributed by atoms with Crippen molar-refractivity contribution in [1.82, 2.24) is 0 Å². The Bertz CT molecular complexity index is 966. The smallest absolute Gasteiger partial charge is 0.293 e. The highest BCUT2D eigenvalue weighted by Gasteiger charge is 2.29. The molecule has 1 aliphatic heterocycles. The molecule has 9 nitrogen and oxygen atoms in total. The van der Waals surface area contributed by atoms with Crippen LogP contribution in [0.15, 0.2) is 42.5 Å². The van der Waals surface area contributed by atoms with E-state index in [4.69, 9.17) is 4.74 Å². The van der Waals surface area contributed by atoms with E-state index in [1.165, 1.54) is 6.07 Å². The van der Waals surface area contributed by atoms with E-state index in [0.717, 1.165) is 12.8 Å². The number of nitrogens with one attached hydrogen (secondary N) is 2. The zero-order chi connectivity index (χ0) is 21.1. The summed E-state index contributed by atoms with van der Waals surface area (Å²) in [5.74, 6) is -0.318. The molecule has 2 amide bonds. The van der Waals surface area contributed by atoms with E-state index in [2.05, 4.69) is 10.6 Å². The monoisotopic (exact) mass is 410 g/mol. The van der Waals surface area contributed by atoms with E-state index < -0.39 is 10.8 Å². The fraction of sp³-hybridized carbons (Fsp3) is 0.333. The third kappa shape index (κ3) is 4.57. The lowest BCUT2D eigenvalue weighted by Gasteiger charge is -2.28. The van der Waals surface area contributed by atoms with Gasteiger partial charge < -0.3 is 20.3 Å². The average Bonchev–Trinajstić information content (AvgIpc) is 3.61. The molecular formula is C21H22N4O5. The quantitative estimate of drug-likeness (QED) is 0.559. The summed E-state index contributed by atoms with van der Waals surface area (Å²) in [4.78, 5) is 37.4. The van der Waals surface area contributed by atoms with Crippen LogP contribution in [0.4, 0.5) is 22.7 Å². The van der Waals surface area contributed by atoms with Crippen LogP contribution < -0.4 is 15.5 Å². The maximum Gasteiger partial charge on any atom is 0.293 e. The Kier molecular flexibility index (Phi) is 5.62. The first kappa shape index (κ1) is 19.8. The third-order valence-corrected chi connectivity index (χ3v) is 5.14. The molecule has 0 bridgehead atoms. The largest absolute Gasteiger partial charge is 0.378 e. The fourth-order valence-corrected chi connectivity index (χ4v) is 3.31. The SMILES string of the molecule is O=C(Nc1ccc(NC(=O)C2CC2)cc1)c1ccc(N2CCOCC2)c([N+](=O)[O-])c1. The molecule has 2 fully saturated rings. The Morgan fingerprint density at radius 3 is 2.23 bits per heavy atom. The van der Waals surface area contributed by atoms with Gasteiger partial charge in [-0.25, -0.2) is 0 Å². The Morgan fingerprint density at radius 2 is 1.63 bits per heavy atom. The number of amides is 2. The van der Waals surface area contributed by atoms with Gasteiger partial charge in [0, 0.05) is 42.0 Å². The topological polar surface area (TPSA) is 114 Å². The molecule has 2 N–H and O–H groups in total. The molecule has 1 saturated carbocycles. The number of nitro groups is 1. The molecule has 2 aliphatic rings. The second-order valence-corrected chi connectivity index (χ2v) is 7.36. The lowest BCUT2D eigenvalue weighted by molar-refractivity contribution is -0.384. The van der Waals surface area contributed by atoms with E-state index in [1.54, 1.807) is 36.4 Å². The molecule has 0 atom stereocenters. The van der Waals surface area contributed by atoms with Gasteiger partial charge >= 0.3 is 0 Å². The first-order valence-electron chi connectivity index (χ1n) is 9.84. The molecule has 0 spiro atoms. The average molecular weight is 410 g/mol. The Morgan fingerprint density at radius 1 is 1.00 bits per heavy atom. The maximum atomic E-state index is 12.6. The van der Waals surface area contributed by atoms with Gasteiger partial charge in [-0.3, -0.25) is 19.7 Å². The molecule has 156 valence electrons. The van der Waals surface area contributed by atoms with Gasteiger partial charge in [0.15, 0.2) is 0 Å². The number of ether oxygens (including phenoxy) is 1. The number of morpholine rings is 1. The number of anilines is 3. The van der Waals surface area contributed by atoms with E-state index in [0.29, 0.717) is 43.4 Å². The van der Waals surface area contributed by atoms with Crippen LogP contribution in [0.3, 0.4) is 0 Å². The minimum absolute atomic E-state index is 0.0134. The number of nitro benzene ring substituents is 1. The van der Waals surface area contributed by atoms with Gasteiger partial charge in [0.2, 0.25) is 5.91 Å². The fourth-order valence-electron chi connectivity index (χ4n) is 3.31. The number of hydrogen-bond acceptors (Lipinski definition) is 6. The van der Waals surface area contributed by atoms with Crippen LogP contribution in [0.2, 0.25) is 0 Å². The summed E-state index contributed by atoms with van der Waals surface area (Å²) in [6, 6.07) is 11.3. The molecular weight excluding hydrogens is 388 g/mol. The Labute approximate surface area is 173 Å². The van der Waals surface area contributed by atoms with E-state index >= 15 is 0 Å². The first-order valence-corrected chi connectivity index (χ1v) is 9.84. The summed E-state index contributed by atoms with van der Waals surface area (Å²) in [5, 5.41) is 17.1. The van der Waals surface area contributed by atoms with Crippen LogP contribution in [0, 0.1) is 16.0 Å². The standard InChI is InChI=1S/C21H22N4O5/c26-20(14-1-2-14)22-16-4-6-17(7-5-16)23-21(27)15-3-8-18(19(13-15)25(28)29)24-9-11-30-12-10-24/h3-8,13-14H,1-2,9-12H2,(H,22,26)(H,23,27). The van der Waals surface area contributed by atoms with Crippen molar-refractivity contribution in [2.75, 3.05) is 41.8 Å². The molecule has 0 unspecified atom stereocenters. The van der Waals surface area contributed by atoms with Gasteiger partial charge in [-0.2, -0.15) is 0 Å². The molecule has 4 rings (SSSR count). The molecule has 2 aromatic rings. The van der Waals surface area contributed by atoms with Gasteiger partial charge in [-0.15, -0.1) is 0 Å². The summed E-state index contributed by atoms with van der Waals surface area (Å²) < 4.78 is 5.30. The third-order valence-electron chi connectivity index (χ3n) is 5.14. The van der Waals surface area contributed by atoms with Crippen molar-refractivity contribution in [2.24, 2.45) is 5.92 Å². The Hall–Kier alpha value is -3.46. The van der Waals surface area contributed by atoms with E-state index in [1.807, 2.05) is 4.90 Å². The maximum absolute atomic E-state index is 12.6. The zero-order valence-corrected chi connectivity index (χ0v) is 16.3. The minimum Gasteiger partial charge on any atom is -0.378 e. The van der Waals surface area contributed by atoms with Crippen molar-refractivity contribution in [3.8, 4) is 0 Å². The number of rotatable bonds is 6. The second kappa shape index (κ2) is 8.50. The summed E-state index contributed by atoms with van der Waals surface area (Å²) in [5.41, 5.74) is 1.77. The Balaban J connectivity index is 1.45. The summed E-state index contributed by atoms with van der Waals surface area (Å²) >= 11 is 0. The number of hydrogen-bond donors (Lipinski definition) is 2. The molecule has 1 saturated heterocycles. The first-order chi connectivity index (χ1) is 14.5. The number of carbonyl (C=O) groups is 2. The van der Waals surface area contributed by atoms with Gasteiger partial charge in [-0.05, 0) is 49.2 Å². The predicted molar refractivity (Wildman–Crippen MR) is 112 cm³/mol. The highest BCUT2D eigenvalue weighted by Crippen LogP contribution is 2.31. The lowest BCUT2D eigenvalue weighted by atomic mass is 10.1. The van der Waals surface area contributed by atoms with Crippen molar-refractivity contribution in [3.63, 3.8) is 0 Å². The lowest BCUT2D eigenvalue weighted by Crippen LogP contribution is -2.36. The van der Waals surface area contributed by atoms with Crippen LogP contribution in [-0.4, -0.2) is 43.0 Å². The molecule has 1 aliphatic carbocycles. The minimum atomic E-state index is -0.473. The molecule has 0 aromatic heterocycles. The highest BCUT2D eigenvalue weighted by atomic mass is 16.6. The van der Waals surface area contributed by atoms with Crippen molar-refractivity contribution in [2.45, 2.75) is 12.8 Å². The molecule has 9 heteroatoms.